The predicted octanol–water partition coefficient (Wildman–Crippen LogP) is 1.52. The lowest BCUT2D eigenvalue weighted by atomic mass is 9.85. The number of amides is 1. The number of carbonyl (C=O) groups is 2. The Morgan fingerprint density at radius 3 is 2.75 bits per heavy atom. The first-order valence-electron chi connectivity index (χ1n) is 5.17. The molecule has 0 atom stereocenters. The Hall–Kier alpha value is -1.91. The molecule has 0 spiro atoms. The van der Waals surface area contributed by atoms with Crippen molar-refractivity contribution in [1.29, 1.82) is 0 Å². The minimum absolute atomic E-state index is 0.0295. The summed E-state index contributed by atoms with van der Waals surface area (Å²) in [7, 11) is 0. The van der Waals surface area contributed by atoms with E-state index >= 15 is 0 Å². The summed E-state index contributed by atoms with van der Waals surface area (Å²) in [6.45, 7) is 0. The molecule has 1 aliphatic rings. The first kappa shape index (κ1) is 10.6. The van der Waals surface area contributed by atoms with Crippen LogP contribution < -0.4 is 5.32 Å². The van der Waals surface area contributed by atoms with Crippen LogP contribution in [0.25, 0.3) is 0 Å². The molecule has 2 rings (SSSR count). The Morgan fingerprint density at radius 1 is 1.44 bits per heavy atom. The molecule has 1 aromatic rings. The molecule has 84 valence electrons. The second-order valence-electron chi connectivity index (χ2n) is 3.82. The van der Waals surface area contributed by atoms with Crippen molar-refractivity contribution in [3.05, 3.63) is 24.0 Å². The smallest absolute Gasteiger partial charge is 0.356 e. The van der Waals surface area contributed by atoms with Gasteiger partial charge in [-0.15, -0.1) is 0 Å². The molecule has 1 fully saturated rings. The summed E-state index contributed by atoms with van der Waals surface area (Å²) in [6.07, 6.45) is 4.22. The van der Waals surface area contributed by atoms with Gasteiger partial charge in [0.15, 0.2) is 5.69 Å². The molecule has 0 bridgehead atoms. The van der Waals surface area contributed by atoms with Gasteiger partial charge in [-0.1, -0.05) is 6.42 Å². The van der Waals surface area contributed by atoms with Gasteiger partial charge in [-0.05, 0) is 25.0 Å². The number of hydrogen-bond donors (Lipinski definition) is 2. The quantitative estimate of drug-likeness (QED) is 0.809. The Balaban J connectivity index is 2.13. The SMILES string of the molecule is O=C(O)c1ncccc1NC(=O)C1CCC1. The Morgan fingerprint density at radius 2 is 2.19 bits per heavy atom. The van der Waals surface area contributed by atoms with Gasteiger partial charge in [0.1, 0.15) is 0 Å². The molecule has 2 N–H and O–H groups in total. The Labute approximate surface area is 92.5 Å². The molecule has 5 heteroatoms. The van der Waals surface area contributed by atoms with Crippen LogP contribution in [-0.4, -0.2) is 22.0 Å². The third-order valence-electron chi connectivity index (χ3n) is 2.74. The van der Waals surface area contributed by atoms with Gasteiger partial charge in [0, 0.05) is 12.1 Å². The minimum atomic E-state index is -1.13. The van der Waals surface area contributed by atoms with E-state index in [1.54, 1.807) is 12.1 Å². The monoisotopic (exact) mass is 220 g/mol. The highest BCUT2D eigenvalue weighted by atomic mass is 16.4. The van der Waals surface area contributed by atoms with Gasteiger partial charge in [0.25, 0.3) is 0 Å². The van der Waals surface area contributed by atoms with Crippen LogP contribution in [0.15, 0.2) is 18.3 Å². The van der Waals surface area contributed by atoms with E-state index in [4.69, 9.17) is 5.11 Å². The highest BCUT2D eigenvalue weighted by Gasteiger charge is 2.26. The first-order valence-corrected chi connectivity index (χ1v) is 5.17. The van der Waals surface area contributed by atoms with Crippen molar-refractivity contribution in [3.8, 4) is 0 Å². The zero-order valence-corrected chi connectivity index (χ0v) is 8.64. The predicted molar refractivity (Wildman–Crippen MR) is 57.2 cm³/mol. The molecule has 5 nitrogen and oxygen atoms in total. The summed E-state index contributed by atoms with van der Waals surface area (Å²) >= 11 is 0. The standard InChI is InChI=1S/C11H12N2O3/c14-10(7-3-1-4-7)13-8-5-2-6-12-9(8)11(15)16/h2,5-7H,1,3-4H2,(H,13,14)(H,15,16). The number of rotatable bonds is 3. The largest absolute Gasteiger partial charge is 0.476 e. The summed E-state index contributed by atoms with van der Waals surface area (Å²) in [4.78, 5) is 26.2. The third kappa shape index (κ3) is 2.03. The van der Waals surface area contributed by atoms with Crippen LogP contribution in [0.5, 0.6) is 0 Å². The number of carboxylic acid groups (broad SMARTS) is 1. The fraction of sp³-hybridized carbons (Fsp3) is 0.364. The summed E-state index contributed by atoms with van der Waals surface area (Å²) in [5.41, 5.74) is 0.155. The van der Waals surface area contributed by atoms with E-state index in [0.717, 1.165) is 19.3 Å². The van der Waals surface area contributed by atoms with Crippen molar-refractivity contribution in [2.24, 2.45) is 5.92 Å². The van der Waals surface area contributed by atoms with Gasteiger partial charge in [-0.3, -0.25) is 4.79 Å². The van der Waals surface area contributed by atoms with E-state index in [0.29, 0.717) is 0 Å². The maximum atomic E-state index is 11.6. The van der Waals surface area contributed by atoms with Gasteiger partial charge in [-0.25, -0.2) is 9.78 Å². The average Bonchev–Trinajstić information content (AvgIpc) is 2.15. The third-order valence-corrected chi connectivity index (χ3v) is 2.74. The van der Waals surface area contributed by atoms with Gasteiger partial charge >= 0.3 is 5.97 Å². The van der Waals surface area contributed by atoms with Crippen molar-refractivity contribution in [2.45, 2.75) is 19.3 Å². The highest BCUT2D eigenvalue weighted by molar-refractivity contribution is 5.99. The molecule has 1 heterocycles. The van der Waals surface area contributed by atoms with Crippen LogP contribution in [0.4, 0.5) is 5.69 Å². The lowest BCUT2D eigenvalue weighted by Crippen LogP contribution is -2.28. The molecule has 0 radical (unpaired) electrons. The van der Waals surface area contributed by atoms with Crippen LogP contribution in [-0.2, 0) is 4.79 Å². The van der Waals surface area contributed by atoms with E-state index < -0.39 is 5.97 Å². The van der Waals surface area contributed by atoms with Crippen LogP contribution >= 0.6 is 0 Å². The van der Waals surface area contributed by atoms with E-state index in [-0.39, 0.29) is 23.2 Å². The minimum Gasteiger partial charge on any atom is -0.476 e. The summed E-state index contributed by atoms with van der Waals surface area (Å²) < 4.78 is 0. The average molecular weight is 220 g/mol. The lowest BCUT2D eigenvalue weighted by Gasteiger charge is -2.24. The maximum Gasteiger partial charge on any atom is 0.356 e. The molecule has 1 saturated carbocycles. The zero-order valence-electron chi connectivity index (χ0n) is 8.64. The number of anilines is 1. The molecular weight excluding hydrogens is 208 g/mol. The number of carboxylic acids is 1. The molecular formula is C11H12N2O3. The number of carbonyl (C=O) groups excluding carboxylic acids is 1. The van der Waals surface area contributed by atoms with E-state index in [2.05, 4.69) is 10.3 Å². The summed E-state index contributed by atoms with van der Waals surface area (Å²) in [6, 6.07) is 3.15. The maximum absolute atomic E-state index is 11.6. The Bertz CT molecular complexity index is 427. The fourth-order valence-electron chi connectivity index (χ4n) is 1.58. The topological polar surface area (TPSA) is 79.3 Å². The second-order valence-corrected chi connectivity index (χ2v) is 3.82. The van der Waals surface area contributed by atoms with E-state index in [1.807, 2.05) is 0 Å². The fourth-order valence-corrected chi connectivity index (χ4v) is 1.58. The highest BCUT2D eigenvalue weighted by Crippen LogP contribution is 2.27. The Kier molecular flexibility index (Phi) is 2.85. The van der Waals surface area contributed by atoms with Crippen LogP contribution in [0.3, 0.4) is 0 Å². The molecule has 0 unspecified atom stereocenters. The van der Waals surface area contributed by atoms with Gasteiger partial charge in [0.2, 0.25) is 5.91 Å². The number of pyridine rings is 1. The number of aromatic carboxylic acids is 1. The van der Waals surface area contributed by atoms with Crippen molar-refractivity contribution in [2.75, 3.05) is 5.32 Å². The van der Waals surface area contributed by atoms with Crippen LogP contribution in [0.2, 0.25) is 0 Å². The molecule has 0 saturated heterocycles. The number of nitrogens with one attached hydrogen (secondary N) is 1. The van der Waals surface area contributed by atoms with Crippen LogP contribution in [0, 0.1) is 5.92 Å². The van der Waals surface area contributed by atoms with Crippen LogP contribution in [0.1, 0.15) is 29.8 Å². The second kappa shape index (κ2) is 4.30. The number of aromatic nitrogens is 1. The zero-order chi connectivity index (χ0) is 11.5. The molecule has 0 aliphatic heterocycles. The lowest BCUT2D eigenvalue weighted by molar-refractivity contribution is -0.122. The van der Waals surface area contributed by atoms with E-state index in [9.17, 15) is 9.59 Å². The molecule has 1 aromatic heterocycles. The summed E-state index contributed by atoms with van der Waals surface area (Å²) in [5, 5.41) is 11.5. The van der Waals surface area contributed by atoms with Gasteiger partial charge < -0.3 is 10.4 Å². The van der Waals surface area contributed by atoms with E-state index in [1.165, 1.54) is 6.20 Å². The van der Waals surface area contributed by atoms with Crippen molar-refractivity contribution < 1.29 is 14.7 Å². The summed E-state index contributed by atoms with van der Waals surface area (Å²) in [5.74, 6) is -1.21. The van der Waals surface area contributed by atoms with Crippen molar-refractivity contribution in [1.82, 2.24) is 4.98 Å². The molecule has 1 aliphatic carbocycles. The first-order chi connectivity index (χ1) is 7.68. The molecule has 16 heavy (non-hydrogen) atoms. The van der Waals surface area contributed by atoms with Gasteiger partial charge in [-0.2, -0.15) is 0 Å². The van der Waals surface area contributed by atoms with Gasteiger partial charge in [0.05, 0.1) is 5.69 Å². The molecule has 0 aromatic carbocycles. The molecule has 1 amide bonds. The number of hydrogen-bond acceptors (Lipinski definition) is 3. The van der Waals surface area contributed by atoms with Crippen molar-refractivity contribution in [3.63, 3.8) is 0 Å². The number of nitrogens with zero attached hydrogens (tertiary/aromatic N) is 1. The van der Waals surface area contributed by atoms with Crippen molar-refractivity contribution >= 4 is 17.6 Å². The normalized spacial score (nSPS) is 15.2.